The molecule has 3 rings (SSSR count). The van der Waals surface area contributed by atoms with Crippen molar-refractivity contribution < 1.29 is 24.9 Å². The van der Waals surface area contributed by atoms with Crippen LogP contribution in [0.1, 0.15) is 86.5 Å². The zero-order valence-electron chi connectivity index (χ0n) is 23.2. The summed E-state index contributed by atoms with van der Waals surface area (Å²) in [7, 11) is 0. The fraction of sp³-hybridized carbons (Fsp3) is 0.710. The zero-order chi connectivity index (χ0) is 26.8. The highest BCUT2D eigenvalue weighted by molar-refractivity contribution is 5.77. The SMILES string of the molecule is C=C1C(=CC=C2CCC[C@@]3(C)C2CCC3C(C)C=CC(O)C(C)(C)C(=O)OC(C)C)CC(O)CC1O. The molecule has 36 heavy (non-hydrogen) atoms. The van der Waals surface area contributed by atoms with Crippen LogP contribution in [0.3, 0.4) is 0 Å². The molecule has 0 spiro atoms. The van der Waals surface area contributed by atoms with Crippen molar-refractivity contribution in [2.24, 2.45) is 28.6 Å². The molecule has 5 heteroatoms. The van der Waals surface area contributed by atoms with Gasteiger partial charge >= 0.3 is 5.97 Å². The Hall–Kier alpha value is -1.69. The summed E-state index contributed by atoms with van der Waals surface area (Å²) in [5.74, 6) is 0.916. The lowest BCUT2D eigenvalue weighted by Gasteiger charge is -2.44. The standard InChI is InChI=1S/C31H48O5/c1-19(2)36-29(35)30(5,6)28(34)15-10-20(3)25-13-14-26-22(9-8-16-31(25,26)7)11-12-23-17-24(32)18-27(33)21(23)4/h10-12,15,19-20,24-28,32-34H,4,8-9,13-14,16-18H2,1-3,5-7H3/t20?,24?,25?,26?,27?,28?,31-/m1/s1. The number of ether oxygens (including phenoxy) is 1. The minimum absolute atomic E-state index is 0.186. The summed E-state index contributed by atoms with van der Waals surface area (Å²) in [5.41, 5.74) is 2.35. The summed E-state index contributed by atoms with van der Waals surface area (Å²) >= 11 is 0. The molecule has 3 fully saturated rings. The molecule has 0 aliphatic heterocycles. The summed E-state index contributed by atoms with van der Waals surface area (Å²) in [6, 6.07) is 0. The van der Waals surface area contributed by atoms with Gasteiger partial charge in [0.2, 0.25) is 0 Å². The second-order valence-corrected chi connectivity index (χ2v) is 12.5. The van der Waals surface area contributed by atoms with E-state index in [9.17, 15) is 20.1 Å². The highest BCUT2D eigenvalue weighted by atomic mass is 16.5. The first kappa shape index (κ1) is 28.9. The van der Waals surface area contributed by atoms with Crippen LogP contribution in [-0.4, -0.2) is 45.7 Å². The van der Waals surface area contributed by atoms with Crippen LogP contribution in [-0.2, 0) is 9.53 Å². The van der Waals surface area contributed by atoms with Gasteiger partial charge in [0, 0.05) is 6.42 Å². The fourth-order valence-corrected chi connectivity index (χ4v) is 6.75. The van der Waals surface area contributed by atoms with E-state index < -0.39 is 23.7 Å². The van der Waals surface area contributed by atoms with Gasteiger partial charge in [-0.3, -0.25) is 4.79 Å². The van der Waals surface area contributed by atoms with Crippen LogP contribution in [0.5, 0.6) is 0 Å². The number of carbonyl (C=O) groups excluding carboxylic acids is 1. The molecular weight excluding hydrogens is 452 g/mol. The van der Waals surface area contributed by atoms with Gasteiger partial charge in [-0.2, -0.15) is 0 Å². The monoisotopic (exact) mass is 500 g/mol. The Bertz CT molecular complexity index is 910. The normalized spacial score (nSPS) is 35.4. The van der Waals surface area contributed by atoms with Crippen LogP contribution in [0, 0.1) is 28.6 Å². The number of rotatable bonds is 7. The van der Waals surface area contributed by atoms with E-state index in [1.807, 2.05) is 13.8 Å². The number of hydrogen-bond acceptors (Lipinski definition) is 5. The van der Waals surface area contributed by atoms with Crippen molar-refractivity contribution in [3.8, 4) is 0 Å². The van der Waals surface area contributed by atoms with Gasteiger partial charge in [0.15, 0.2) is 0 Å². The third-order valence-electron chi connectivity index (χ3n) is 9.14. The summed E-state index contributed by atoms with van der Waals surface area (Å²) < 4.78 is 5.35. The molecule has 0 saturated heterocycles. The Kier molecular flexibility index (Phi) is 9.12. The summed E-state index contributed by atoms with van der Waals surface area (Å²) in [6.07, 6.45) is 12.6. The number of aliphatic hydroxyl groups excluding tert-OH is 3. The maximum Gasteiger partial charge on any atom is 0.314 e. The lowest BCUT2D eigenvalue weighted by atomic mass is 9.61. The van der Waals surface area contributed by atoms with Crippen molar-refractivity contribution in [1.82, 2.24) is 0 Å². The van der Waals surface area contributed by atoms with Crippen LogP contribution in [0.25, 0.3) is 0 Å². The van der Waals surface area contributed by atoms with Crippen molar-refractivity contribution in [3.63, 3.8) is 0 Å². The third kappa shape index (κ3) is 6.06. The van der Waals surface area contributed by atoms with E-state index >= 15 is 0 Å². The molecule has 0 bridgehead atoms. The first-order valence-corrected chi connectivity index (χ1v) is 13.8. The molecule has 3 saturated carbocycles. The summed E-state index contributed by atoms with van der Waals surface area (Å²) in [4.78, 5) is 12.5. The third-order valence-corrected chi connectivity index (χ3v) is 9.14. The predicted molar refractivity (Wildman–Crippen MR) is 144 cm³/mol. The highest BCUT2D eigenvalue weighted by Crippen LogP contribution is 2.59. The van der Waals surface area contributed by atoms with E-state index in [-0.39, 0.29) is 23.4 Å². The molecule has 0 radical (unpaired) electrons. The average Bonchev–Trinajstić information content (AvgIpc) is 3.15. The molecule has 5 nitrogen and oxygen atoms in total. The van der Waals surface area contributed by atoms with E-state index in [0.29, 0.717) is 24.7 Å². The van der Waals surface area contributed by atoms with Gasteiger partial charge in [-0.25, -0.2) is 0 Å². The van der Waals surface area contributed by atoms with Crippen LogP contribution >= 0.6 is 0 Å². The number of fused-ring (bicyclic) bond motifs is 1. The number of esters is 1. The van der Waals surface area contributed by atoms with Gasteiger partial charge < -0.3 is 20.1 Å². The van der Waals surface area contributed by atoms with Gasteiger partial charge in [-0.1, -0.05) is 50.3 Å². The molecule has 6 unspecified atom stereocenters. The predicted octanol–water partition coefficient (Wildman–Crippen LogP) is 5.66. The lowest BCUT2D eigenvalue weighted by Crippen LogP contribution is -2.39. The molecule has 3 N–H and O–H groups in total. The number of hydrogen-bond donors (Lipinski definition) is 3. The molecule has 3 aliphatic carbocycles. The maximum atomic E-state index is 12.5. The second-order valence-electron chi connectivity index (χ2n) is 12.5. The van der Waals surface area contributed by atoms with E-state index in [1.165, 1.54) is 12.0 Å². The minimum Gasteiger partial charge on any atom is -0.462 e. The molecule has 0 amide bonds. The molecule has 3 aliphatic rings. The molecule has 0 aromatic carbocycles. The average molecular weight is 501 g/mol. The Morgan fingerprint density at radius 2 is 1.86 bits per heavy atom. The van der Waals surface area contributed by atoms with Gasteiger partial charge in [-0.05, 0) is 101 Å². The van der Waals surface area contributed by atoms with E-state index in [1.54, 1.807) is 19.9 Å². The van der Waals surface area contributed by atoms with E-state index in [0.717, 1.165) is 36.8 Å². The minimum atomic E-state index is -0.999. The number of carbonyl (C=O) groups is 1. The van der Waals surface area contributed by atoms with E-state index in [2.05, 4.69) is 38.7 Å². The van der Waals surface area contributed by atoms with Crippen LogP contribution in [0.15, 0.2) is 47.6 Å². The maximum absolute atomic E-state index is 12.5. The molecule has 202 valence electrons. The summed E-state index contributed by atoms with van der Waals surface area (Å²) in [6.45, 7) is 15.8. The Labute approximate surface area is 218 Å². The topological polar surface area (TPSA) is 87.0 Å². The Morgan fingerprint density at radius 3 is 2.53 bits per heavy atom. The number of allylic oxidation sites excluding steroid dienone is 4. The number of aliphatic hydroxyl groups is 3. The Balaban J connectivity index is 1.72. The largest absolute Gasteiger partial charge is 0.462 e. The molecule has 0 heterocycles. The van der Waals surface area contributed by atoms with Gasteiger partial charge in [-0.15, -0.1) is 0 Å². The fourth-order valence-electron chi connectivity index (χ4n) is 6.75. The first-order chi connectivity index (χ1) is 16.8. The van der Waals surface area contributed by atoms with Crippen molar-refractivity contribution in [3.05, 3.63) is 47.6 Å². The van der Waals surface area contributed by atoms with Gasteiger partial charge in [0.25, 0.3) is 0 Å². The van der Waals surface area contributed by atoms with Crippen molar-refractivity contribution in [2.75, 3.05) is 0 Å². The first-order valence-electron chi connectivity index (χ1n) is 13.8. The van der Waals surface area contributed by atoms with Crippen LogP contribution in [0.2, 0.25) is 0 Å². The second kappa shape index (κ2) is 11.4. The van der Waals surface area contributed by atoms with Gasteiger partial charge in [0.1, 0.15) is 0 Å². The van der Waals surface area contributed by atoms with Crippen LogP contribution in [0.4, 0.5) is 0 Å². The molecular formula is C31H48O5. The summed E-state index contributed by atoms with van der Waals surface area (Å²) in [5, 5.41) is 31.1. The lowest BCUT2D eigenvalue weighted by molar-refractivity contribution is -0.162. The van der Waals surface area contributed by atoms with E-state index in [4.69, 9.17) is 4.74 Å². The van der Waals surface area contributed by atoms with Crippen molar-refractivity contribution in [2.45, 2.75) is 111 Å². The molecule has 7 atom stereocenters. The van der Waals surface area contributed by atoms with Crippen molar-refractivity contribution in [1.29, 1.82) is 0 Å². The highest BCUT2D eigenvalue weighted by Gasteiger charge is 2.50. The van der Waals surface area contributed by atoms with Crippen molar-refractivity contribution >= 4 is 5.97 Å². The molecule has 0 aromatic heterocycles. The smallest absolute Gasteiger partial charge is 0.314 e. The Morgan fingerprint density at radius 1 is 1.17 bits per heavy atom. The van der Waals surface area contributed by atoms with Gasteiger partial charge in [0.05, 0.1) is 29.8 Å². The zero-order valence-corrected chi connectivity index (χ0v) is 23.2. The molecule has 0 aromatic rings. The quantitative estimate of drug-likeness (QED) is 0.310. The van der Waals surface area contributed by atoms with Crippen LogP contribution < -0.4 is 0 Å².